The number of hydrogen-bond acceptors (Lipinski definition) is 7. The van der Waals surface area contributed by atoms with Gasteiger partial charge >= 0.3 is 6.09 Å². The molecule has 1 aromatic carbocycles. The minimum absolute atomic E-state index is 0.0212. The van der Waals surface area contributed by atoms with E-state index in [1.807, 2.05) is 20.8 Å². The molecule has 0 saturated carbocycles. The van der Waals surface area contributed by atoms with Crippen molar-refractivity contribution in [1.82, 2.24) is 9.88 Å². The molecule has 0 radical (unpaired) electrons. The smallest absolute Gasteiger partial charge is 0.410 e. The molecule has 1 fully saturated rings. The lowest BCUT2D eigenvalue weighted by atomic mass is 9.98. The summed E-state index contributed by atoms with van der Waals surface area (Å²) in [6, 6.07) is 4.68. The van der Waals surface area contributed by atoms with Crippen LogP contribution in [0.5, 0.6) is 11.5 Å². The molecule has 1 aromatic heterocycles. The fourth-order valence-corrected chi connectivity index (χ4v) is 3.25. The second kappa shape index (κ2) is 6.91. The maximum absolute atomic E-state index is 12.0. The monoisotopic (exact) mass is 399 g/mol. The lowest BCUT2D eigenvalue weighted by Crippen LogP contribution is -2.57. The Hall–Kier alpha value is -3.36. The van der Waals surface area contributed by atoms with Crippen LogP contribution in [0.1, 0.15) is 26.3 Å². The molecular formula is C20H21N3O6. The molecule has 29 heavy (non-hydrogen) atoms. The first-order chi connectivity index (χ1) is 13.7. The fourth-order valence-electron chi connectivity index (χ4n) is 3.25. The molecule has 1 saturated heterocycles. The molecule has 9 nitrogen and oxygen atoms in total. The van der Waals surface area contributed by atoms with Crippen molar-refractivity contribution in [2.75, 3.05) is 13.1 Å². The first kappa shape index (κ1) is 19.0. The Morgan fingerprint density at radius 3 is 2.72 bits per heavy atom. The predicted octanol–water partition coefficient (Wildman–Crippen LogP) is 3.55. The van der Waals surface area contributed by atoms with Crippen LogP contribution in [0.15, 0.2) is 30.6 Å². The van der Waals surface area contributed by atoms with Gasteiger partial charge < -0.3 is 19.1 Å². The van der Waals surface area contributed by atoms with Crippen LogP contribution < -0.4 is 9.47 Å². The van der Waals surface area contributed by atoms with Gasteiger partial charge in [-0.05, 0) is 32.4 Å². The highest BCUT2D eigenvalue weighted by Crippen LogP contribution is 2.44. The minimum atomic E-state index is -0.540. The quantitative estimate of drug-likeness (QED) is 0.574. The van der Waals surface area contributed by atoms with Crippen molar-refractivity contribution in [2.24, 2.45) is 0 Å². The number of fused-ring (bicyclic) bond motifs is 3. The number of ether oxygens (including phenoxy) is 3. The van der Waals surface area contributed by atoms with Gasteiger partial charge in [0.15, 0.2) is 11.5 Å². The van der Waals surface area contributed by atoms with Gasteiger partial charge in [-0.1, -0.05) is 0 Å². The SMILES string of the molecule is CC(C)(C)OC(=O)N1CC(Oc2cncc3c2OCc2cc([N+](=O)[O-])ccc2-3)C1. The molecule has 0 spiro atoms. The van der Waals surface area contributed by atoms with Crippen LogP contribution in [0.25, 0.3) is 11.1 Å². The second-order valence-electron chi connectivity index (χ2n) is 8.03. The van der Waals surface area contributed by atoms with Crippen LogP contribution in [0.4, 0.5) is 10.5 Å². The van der Waals surface area contributed by atoms with Crippen molar-refractivity contribution in [1.29, 1.82) is 0 Å². The summed E-state index contributed by atoms with van der Waals surface area (Å²) in [5.74, 6) is 1.04. The third-order valence-electron chi connectivity index (χ3n) is 4.62. The Bertz CT molecular complexity index is 979. The third kappa shape index (κ3) is 3.80. The number of nitro groups is 1. The Kier molecular flexibility index (Phi) is 4.52. The molecule has 0 bridgehead atoms. The topological polar surface area (TPSA) is 104 Å². The van der Waals surface area contributed by atoms with Crippen LogP contribution in [0.2, 0.25) is 0 Å². The summed E-state index contributed by atoms with van der Waals surface area (Å²) < 4.78 is 17.2. The van der Waals surface area contributed by atoms with E-state index in [1.54, 1.807) is 23.4 Å². The van der Waals surface area contributed by atoms with Gasteiger partial charge in [0.25, 0.3) is 5.69 Å². The van der Waals surface area contributed by atoms with E-state index in [4.69, 9.17) is 14.2 Å². The number of nitro benzene ring substituents is 1. The van der Waals surface area contributed by atoms with E-state index in [-0.39, 0.29) is 24.5 Å². The van der Waals surface area contributed by atoms with Gasteiger partial charge in [0.1, 0.15) is 18.3 Å². The molecule has 0 atom stereocenters. The van der Waals surface area contributed by atoms with Crippen molar-refractivity contribution >= 4 is 11.8 Å². The summed E-state index contributed by atoms with van der Waals surface area (Å²) in [5, 5.41) is 11.0. The first-order valence-corrected chi connectivity index (χ1v) is 9.24. The van der Waals surface area contributed by atoms with Crippen LogP contribution >= 0.6 is 0 Å². The number of pyridine rings is 1. The van der Waals surface area contributed by atoms with Crippen LogP contribution in [-0.4, -0.2) is 45.7 Å². The lowest BCUT2D eigenvalue weighted by Gasteiger charge is -2.39. The molecule has 2 aromatic rings. The van der Waals surface area contributed by atoms with E-state index in [2.05, 4.69) is 4.98 Å². The molecule has 0 aliphatic carbocycles. The van der Waals surface area contributed by atoms with E-state index >= 15 is 0 Å². The van der Waals surface area contributed by atoms with E-state index in [1.165, 1.54) is 12.1 Å². The molecular weight excluding hydrogens is 378 g/mol. The Balaban J connectivity index is 1.48. The van der Waals surface area contributed by atoms with E-state index in [0.29, 0.717) is 24.6 Å². The van der Waals surface area contributed by atoms with Gasteiger partial charge in [0.2, 0.25) is 0 Å². The van der Waals surface area contributed by atoms with Gasteiger partial charge in [0.05, 0.1) is 24.2 Å². The zero-order valence-electron chi connectivity index (χ0n) is 16.4. The summed E-state index contributed by atoms with van der Waals surface area (Å²) in [6.07, 6.45) is 2.68. The normalized spacial score (nSPS) is 15.5. The minimum Gasteiger partial charge on any atom is -0.484 e. The molecule has 0 unspecified atom stereocenters. The van der Waals surface area contributed by atoms with Crippen molar-refractivity contribution in [3.63, 3.8) is 0 Å². The Labute approximate surface area is 167 Å². The number of aromatic nitrogens is 1. The standard InChI is InChI=1S/C20H21N3O6/c1-20(2,3)29-19(24)22-9-14(10-22)28-17-8-21-7-16-15-5-4-13(23(25)26)6-12(15)11-27-18(16)17/h4-8,14H,9-11H2,1-3H3. The Morgan fingerprint density at radius 2 is 2.03 bits per heavy atom. The molecule has 0 N–H and O–H groups in total. The summed E-state index contributed by atoms with van der Waals surface area (Å²) in [4.78, 5) is 28.4. The highest BCUT2D eigenvalue weighted by Gasteiger charge is 2.36. The molecule has 9 heteroatoms. The number of carbonyl (C=O) groups excluding carboxylic acids is 1. The number of hydrogen-bond donors (Lipinski definition) is 0. The van der Waals surface area contributed by atoms with Crippen LogP contribution in [0.3, 0.4) is 0 Å². The number of carbonyl (C=O) groups is 1. The number of rotatable bonds is 3. The molecule has 3 heterocycles. The average Bonchev–Trinajstić information content (AvgIpc) is 2.62. The number of amides is 1. The Morgan fingerprint density at radius 1 is 1.28 bits per heavy atom. The number of nitrogens with zero attached hydrogens (tertiary/aromatic N) is 3. The summed E-state index contributed by atoms with van der Waals surface area (Å²) in [5.41, 5.74) is 1.76. The van der Waals surface area contributed by atoms with Gasteiger partial charge in [0, 0.05) is 29.5 Å². The number of likely N-dealkylation sites (tertiary alicyclic amines) is 1. The highest BCUT2D eigenvalue weighted by molar-refractivity contribution is 5.78. The highest BCUT2D eigenvalue weighted by atomic mass is 16.6. The maximum atomic E-state index is 12.0. The molecule has 4 rings (SSSR count). The average molecular weight is 399 g/mol. The third-order valence-corrected chi connectivity index (χ3v) is 4.62. The largest absolute Gasteiger partial charge is 0.484 e. The first-order valence-electron chi connectivity index (χ1n) is 9.24. The van der Waals surface area contributed by atoms with Gasteiger partial charge in [-0.15, -0.1) is 0 Å². The van der Waals surface area contributed by atoms with Crippen LogP contribution in [-0.2, 0) is 11.3 Å². The fraction of sp³-hybridized carbons (Fsp3) is 0.400. The predicted molar refractivity (Wildman–Crippen MR) is 103 cm³/mol. The summed E-state index contributed by atoms with van der Waals surface area (Å²) in [6.45, 7) is 6.51. The number of non-ortho nitro benzene ring substituents is 1. The molecule has 152 valence electrons. The van der Waals surface area contributed by atoms with E-state index < -0.39 is 10.5 Å². The summed E-state index contributed by atoms with van der Waals surface area (Å²) in [7, 11) is 0. The van der Waals surface area contributed by atoms with Gasteiger partial charge in [-0.2, -0.15) is 0 Å². The van der Waals surface area contributed by atoms with E-state index in [9.17, 15) is 14.9 Å². The van der Waals surface area contributed by atoms with Gasteiger partial charge in [-0.25, -0.2) is 4.79 Å². The lowest BCUT2D eigenvalue weighted by molar-refractivity contribution is -0.384. The van der Waals surface area contributed by atoms with Gasteiger partial charge in [-0.3, -0.25) is 15.1 Å². The number of benzene rings is 1. The summed E-state index contributed by atoms with van der Waals surface area (Å²) >= 11 is 0. The van der Waals surface area contributed by atoms with Crippen molar-refractivity contribution in [3.8, 4) is 22.6 Å². The molecule has 2 aliphatic heterocycles. The van der Waals surface area contributed by atoms with E-state index in [0.717, 1.165) is 16.7 Å². The maximum Gasteiger partial charge on any atom is 0.410 e. The van der Waals surface area contributed by atoms with Crippen LogP contribution in [0, 0.1) is 10.1 Å². The zero-order valence-corrected chi connectivity index (χ0v) is 16.4. The zero-order chi connectivity index (χ0) is 20.8. The van der Waals surface area contributed by atoms with Crippen molar-refractivity contribution in [3.05, 3.63) is 46.3 Å². The molecule has 1 amide bonds. The van der Waals surface area contributed by atoms with Crippen molar-refractivity contribution < 1.29 is 23.9 Å². The second-order valence-corrected chi connectivity index (χ2v) is 8.03. The van der Waals surface area contributed by atoms with Crippen molar-refractivity contribution in [2.45, 2.75) is 39.1 Å². The molecule has 2 aliphatic rings.